The van der Waals surface area contributed by atoms with Crippen molar-refractivity contribution in [2.24, 2.45) is 4.99 Å². The zero-order valence-corrected chi connectivity index (χ0v) is 18.2. The third-order valence-corrected chi connectivity index (χ3v) is 4.30. The van der Waals surface area contributed by atoms with Crippen molar-refractivity contribution in [1.29, 1.82) is 0 Å². The SMILES string of the molecule is CCNC(=NCc1ccc(OC)c(O)c1)NC1CCCn2nc(C)nc21.I. The number of phenols is 1. The minimum absolute atomic E-state index is 0. The second kappa shape index (κ2) is 9.77. The molecule has 1 aromatic heterocycles. The number of phenolic OH excluding ortho intramolecular Hbond substituents is 1. The lowest BCUT2D eigenvalue weighted by Crippen LogP contribution is -2.41. The van der Waals surface area contributed by atoms with Crippen LogP contribution >= 0.6 is 24.0 Å². The van der Waals surface area contributed by atoms with Crippen molar-refractivity contribution in [3.8, 4) is 11.5 Å². The molecule has 3 N–H and O–H groups in total. The van der Waals surface area contributed by atoms with Crippen molar-refractivity contribution in [1.82, 2.24) is 25.4 Å². The van der Waals surface area contributed by atoms with Crippen LogP contribution in [0.2, 0.25) is 0 Å². The number of hydrogen-bond donors (Lipinski definition) is 3. The van der Waals surface area contributed by atoms with Gasteiger partial charge in [0.2, 0.25) is 0 Å². The maximum absolute atomic E-state index is 9.91. The molecule has 1 aliphatic rings. The first-order valence-electron chi connectivity index (χ1n) is 8.92. The minimum atomic E-state index is 0. The van der Waals surface area contributed by atoms with Crippen LogP contribution in [0, 0.1) is 6.92 Å². The van der Waals surface area contributed by atoms with Gasteiger partial charge < -0.3 is 20.5 Å². The maximum Gasteiger partial charge on any atom is 0.192 e. The van der Waals surface area contributed by atoms with Crippen molar-refractivity contribution in [2.45, 2.75) is 45.8 Å². The fraction of sp³-hybridized carbons (Fsp3) is 0.500. The summed E-state index contributed by atoms with van der Waals surface area (Å²) in [4.78, 5) is 9.19. The standard InChI is InChI=1S/C18H26N6O2.HI/c1-4-19-18(20-11-13-7-8-16(26-3)15(25)10-13)22-14-6-5-9-24-17(14)21-12(2)23-24;/h7-8,10,14,25H,4-6,9,11H2,1-3H3,(H2,19,20,22);1H. The lowest BCUT2D eigenvalue weighted by molar-refractivity contribution is 0.373. The summed E-state index contributed by atoms with van der Waals surface area (Å²) < 4.78 is 7.05. The number of methoxy groups -OCH3 is 1. The van der Waals surface area contributed by atoms with Crippen molar-refractivity contribution in [3.63, 3.8) is 0 Å². The molecule has 1 aromatic carbocycles. The fourth-order valence-electron chi connectivity index (χ4n) is 3.09. The summed E-state index contributed by atoms with van der Waals surface area (Å²) in [5, 5.41) is 21.1. The average Bonchev–Trinajstić information content (AvgIpc) is 3.01. The van der Waals surface area contributed by atoms with E-state index in [1.807, 2.05) is 24.6 Å². The minimum Gasteiger partial charge on any atom is -0.504 e. The van der Waals surface area contributed by atoms with Gasteiger partial charge >= 0.3 is 0 Å². The molecule has 0 saturated heterocycles. The van der Waals surface area contributed by atoms with E-state index in [1.54, 1.807) is 12.1 Å². The van der Waals surface area contributed by atoms with Crippen molar-refractivity contribution in [2.75, 3.05) is 13.7 Å². The number of aliphatic imine (C=N–C) groups is 1. The summed E-state index contributed by atoms with van der Waals surface area (Å²) in [5.41, 5.74) is 0.906. The van der Waals surface area contributed by atoms with Gasteiger partial charge in [-0.05, 0) is 44.4 Å². The molecule has 8 nitrogen and oxygen atoms in total. The molecule has 0 saturated carbocycles. The molecule has 27 heavy (non-hydrogen) atoms. The molecule has 3 rings (SSSR count). The summed E-state index contributed by atoms with van der Waals surface area (Å²) >= 11 is 0. The second-order valence-electron chi connectivity index (χ2n) is 6.28. The van der Waals surface area contributed by atoms with Gasteiger partial charge in [-0.15, -0.1) is 24.0 Å². The van der Waals surface area contributed by atoms with E-state index in [4.69, 9.17) is 4.74 Å². The van der Waals surface area contributed by atoms with E-state index in [-0.39, 0.29) is 35.8 Å². The van der Waals surface area contributed by atoms with Gasteiger partial charge in [-0.1, -0.05) is 6.07 Å². The Balaban J connectivity index is 0.00000261. The summed E-state index contributed by atoms with van der Waals surface area (Å²) in [6.45, 7) is 6.07. The molecule has 9 heteroatoms. The van der Waals surface area contributed by atoms with Gasteiger partial charge in [0.05, 0.1) is 19.7 Å². The molecule has 0 amide bonds. The van der Waals surface area contributed by atoms with Gasteiger partial charge in [-0.3, -0.25) is 0 Å². The molecule has 0 fully saturated rings. The van der Waals surface area contributed by atoms with E-state index in [0.717, 1.165) is 49.1 Å². The Kier molecular flexibility index (Phi) is 7.69. The number of rotatable bonds is 5. The lowest BCUT2D eigenvalue weighted by Gasteiger charge is -2.25. The van der Waals surface area contributed by atoms with Gasteiger partial charge in [0.25, 0.3) is 0 Å². The highest BCUT2D eigenvalue weighted by atomic mass is 127. The predicted molar refractivity (Wildman–Crippen MR) is 115 cm³/mol. The topological polar surface area (TPSA) is 96.6 Å². The van der Waals surface area contributed by atoms with E-state index in [2.05, 4.69) is 25.7 Å². The van der Waals surface area contributed by atoms with E-state index in [9.17, 15) is 5.11 Å². The van der Waals surface area contributed by atoms with Gasteiger partial charge in [-0.25, -0.2) is 14.7 Å². The number of nitrogens with one attached hydrogen (secondary N) is 2. The molecule has 2 aromatic rings. The Labute approximate surface area is 176 Å². The highest BCUT2D eigenvalue weighted by Gasteiger charge is 2.24. The first-order chi connectivity index (χ1) is 12.6. The van der Waals surface area contributed by atoms with Gasteiger partial charge in [0, 0.05) is 13.1 Å². The average molecular weight is 486 g/mol. The predicted octanol–water partition coefficient (Wildman–Crippen LogP) is 2.51. The van der Waals surface area contributed by atoms with E-state index in [1.165, 1.54) is 7.11 Å². The second-order valence-corrected chi connectivity index (χ2v) is 6.28. The normalized spacial score (nSPS) is 16.3. The summed E-state index contributed by atoms with van der Waals surface area (Å²) in [7, 11) is 1.53. The molecular formula is C18H27IN6O2. The molecule has 148 valence electrons. The van der Waals surface area contributed by atoms with Crippen LogP contribution in [0.1, 0.15) is 43.0 Å². The maximum atomic E-state index is 9.91. The molecular weight excluding hydrogens is 459 g/mol. The van der Waals surface area contributed by atoms with E-state index >= 15 is 0 Å². The number of aromatic nitrogens is 3. The third-order valence-electron chi connectivity index (χ3n) is 4.30. The van der Waals surface area contributed by atoms with Crippen LogP contribution in [0.4, 0.5) is 0 Å². The Morgan fingerprint density at radius 2 is 2.26 bits per heavy atom. The van der Waals surface area contributed by atoms with Gasteiger partial charge in [0.1, 0.15) is 11.6 Å². The first-order valence-corrected chi connectivity index (χ1v) is 8.92. The first kappa shape index (κ1) is 21.3. The molecule has 1 atom stereocenters. The third kappa shape index (κ3) is 5.24. The molecule has 0 radical (unpaired) electrons. The zero-order valence-electron chi connectivity index (χ0n) is 15.9. The quantitative estimate of drug-likeness (QED) is 0.342. The molecule has 0 bridgehead atoms. The molecule has 0 spiro atoms. The number of ether oxygens (including phenoxy) is 1. The van der Waals surface area contributed by atoms with Crippen molar-refractivity contribution < 1.29 is 9.84 Å². The Morgan fingerprint density at radius 1 is 1.44 bits per heavy atom. The number of hydrogen-bond acceptors (Lipinski definition) is 5. The summed E-state index contributed by atoms with van der Waals surface area (Å²) in [6.07, 6.45) is 2.05. The smallest absolute Gasteiger partial charge is 0.192 e. The Hall–Kier alpha value is -2.04. The number of halogens is 1. The number of fused-ring (bicyclic) bond motifs is 1. The summed E-state index contributed by atoms with van der Waals surface area (Å²) in [6, 6.07) is 5.40. The largest absolute Gasteiger partial charge is 0.504 e. The Morgan fingerprint density at radius 3 is 2.96 bits per heavy atom. The number of benzene rings is 1. The van der Waals surface area contributed by atoms with Crippen molar-refractivity contribution >= 4 is 29.9 Å². The number of guanidine groups is 1. The number of aryl methyl sites for hydroxylation is 2. The number of nitrogens with zero attached hydrogens (tertiary/aromatic N) is 4. The van der Waals surface area contributed by atoms with Crippen LogP contribution in [0.15, 0.2) is 23.2 Å². The fourth-order valence-corrected chi connectivity index (χ4v) is 3.09. The molecule has 0 aliphatic carbocycles. The Bertz CT molecular complexity index is 792. The molecule has 2 heterocycles. The van der Waals surface area contributed by atoms with E-state index < -0.39 is 0 Å². The molecule has 1 unspecified atom stereocenters. The highest BCUT2D eigenvalue weighted by Crippen LogP contribution is 2.26. The zero-order chi connectivity index (χ0) is 18.5. The van der Waals surface area contributed by atoms with E-state index in [0.29, 0.717) is 12.3 Å². The van der Waals surface area contributed by atoms with Crippen LogP contribution in [-0.4, -0.2) is 39.5 Å². The van der Waals surface area contributed by atoms with Gasteiger partial charge in [0.15, 0.2) is 17.5 Å². The van der Waals surface area contributed by atoms with Crippen LogP contribution in [0.5, 0.6) is 11.5 Å². The monoisotopic (exact) mass is 486 g/mol. The van der Waals surface area contributed by atoms with Crippen LogP contribution in [0.25, 0.3) is 0 Å². The van der Waals surface area contributed by atoms with Gasteiger partial charge in [-0.2, -0.15) is 5.10 Å². The number of aromatic hydroxyl groups is 1. The molecule has 1 aliphatic heterocycles. The highest BCUT2D eigenvalue weighted by molar-refractivity contribution is 14.0. The van der Waals surface area contributed by atoms with Crippen LogP contribution in [0.3, 0.4) is 0 Å². The van der Waals surface area contributed by atoms with Crippen molar-refractivity contribution in [3.05, 3.63) is 35.4 Å². The lowest BCUT2D eigenvalue weighted by atomic mass is 10.1. The van der Waals surface area contributed by atoms with Crippen LogP contribution < -0.4 is 15.4 Å². The summed E-state index contributed by atoms with van der Waals surface area (Å²) in [5.74, 6) is 3.06. The van der Waals surface area contributed by atoms with Crippen LogP contribution in [-0.2, 0) is 13.1 Å².